The third kappa shape index (κ3) is 2.83. The molecule has 1 aliphatic rings. The Bertz CT molecular complexity index is 525. The lowest BCUT2D eigenvalue weighted by Gasteiger charge is -2.32. The Hall–Kier alpha value is -1.72. The molecule has 3 rings (SSSR count). The number of nitrogens with one attached hydrogen (secondary N) is 1. The fourth-order valence-corrected chi connectivity index (χ4v) is 2.32. The van der Waals surface area contributed by atoms with Gasteiger partial charge in [-0.25, -0.2) is 0 Å². The van der Waals surface area contributed by atoms with E-state index in [0.717, 1.165) is 31.7 Å². The molecule has 2 aromatic rings. The highest BCUT2D eigenvalue weighted by molar-refractivity contribution is 5.53. The zero-order valence-electron chi connectivity index (χ0n) is 11.0. The summed E-state index contributed by atoms with van der Waals surface area (Å²) in [7, 11) is 0. The normalized spacial score (nSPS) is 20.6. The van der Waals surface area contributed by atoms with Crippen molar-refractivity contribution in [1.29, 1.82) is 0 Å². The molecule has 5 nitrogen and oxygen atoms in total. The lowest BCUT2D eigenvalue weighted by atomic mass is 10.2. The van der Waals surface area contributed by atoms with Gasteiger partial charge < -0.3 is 9.84 Å². The smallest absolute Gasteiger partial charge is 0.241 e. The van der Waals surface area contributed by atoms with Crippen molar-refractivity contribution < 1.29 is 4.52 Å². The van der Waals surface area contributed by atoms with E-state index in [1.807, 2.05) is 30.3 Å². The first-order chi connectivity index (χ1) is 9.33. The average molecular weight is 258 g/mol. The molecule has 0 radical (unpaired) electrons. The number of benzene rings is 1. The van der Waals surface area contributed by atoms with Crippen molar-refractivity contribution in [3.8, 4) is 11.4 Å². The van der Waals surface area contributed by atoms with Crippen LogP contribution < -0.4 is 5.32 Å². The fraction of sp³-hybridized carbons (Fsp3) is 0.429. The minimum absolute atomic E-state index is 0.501. The van der Waals surface area contributed by atoms with Crippen LogP contribution in [-0.4, -0.2) is 40.7 Å². The molecule has 1 aliphatic heterocycles. The van der Waals surface area contributed by atoms with Gasteiger partial charge in [-0.2, -0.15) is 4.98 Å². The second-order valence-corrected chi connectivity index (χ2v) is 4.90. The van der Waals surface area contributed by atoms with Crippen LogP contribution in [0.3, 0.4) is 0 Å². The van der Waals surface area contributed by atoms with Crippen LogP contribution in [0, 0.1) is 0 Å². The summed E-state index contributed by atoms with van der Waals surface area (Å²) in [5.74, 6) is 1.35. The zero-order valence-corrected chi connectivity index (χ0v) is 11.0. The molecule has 1 aromatic carbocycles. The summed E-state index contributed by atoms with van der Waals surface area (Å²) in [6.45, 7) is 5.98. The van der Waals surface area contributed by atoms with Crippen LogP contribution in [0.2, 0.25) is 0 Å². The maximum atomic E-state index is 5.35. The summed E-state index contributed by atoms with van der Waals surface area (Å²) in [6.07, 6.45) is 0. The Morgan fingerprint density at radius 2 is 2.21 bits per heavy atom. The lowest BCUT2D eigenvalue weighted by molar-refractivity contribution is 0.146. The Balaban J connectivity index is 1.71. The maximum Gasteiger partial charge on any atom is 0.241 e. The SMILES string of the molecule is C[C@@H]1CNCCN1Cc1nc(-c2ccccc2)no1. The standard InChI is InChI=1S/C14H18N4O/c1-11-9-15-7-8-18(11)10-13-16-14(17-19-13)12-5-3-2-4-6-12/h2-6,11,15H,7-10H2,1H3/t11-/m1/s1. The van der Waals surface area contributed by atoms with Crippen LogP contribution in [0.15, 0.2) is 34.9 Å². The van der Waals surface area contributed by atoms with E-state index in [1.165, 1.54) is 0 Å². The minimum Gasteiger partial charge on any atom is -0.338 e. The van der Waals surface area contributed by atoms with E-state index >= 15 is 0 Å². The number of hydrogen-bond acceptors (Lipinski definition) is 5. The van der Waals surface area contributed by atoms with E-state index in [9.17, 15) is 0 Å². The van der Waals surface area contributed by atoms with Crippen LogP contribution in [-0.2, 0) is 6.54 Å². The second kappa shape index (κ2) is 5.50. The summed E-state index contributed by atoms with van der Waals surface area (Å²) < 4.78 is 5.35. The molecule has 0 unspecified atom stereocenters. The predicted molar refractivity (Wildman–Crippen MR) is 72.5 cm³/mol. The van der Waals surface area contributed by atoms with Crippen LogP contribution in [0.25, 0.3) is 11.4 Å². The third-order valence-corrected chi connectivity index (χ3v) is 3.48. The lowest BCUT2D eigenvalue weighted by Crippen LogP contribution is -2.49. The van der Waals surface area contributed by atoms with Crippen molar-refractivity contribution >= 4 is 0 Å². The molecule has 1 atom stereocenters. The van der Waals surface area contributed by atoms with Gasteiger partial charge in [0.05, 0.1) is 6.54 Å². The maximum absolute atomic E-state index is 5.35. The number of hydrogen-bond donors (Lipinski definition) is 1. The van der Waals surface area contributed by atoms with Crippen LogP contribution in [0.4, 0.5) is 0 Å². The summed E-state index contributed by atoms with van der Waals surface area (Å²) in [5.41, 5.74) is 0.992. The monoisotopic (exact) mass is 258 g/mol. The topological polar surface area (TPSA) is 54.2 Å². The zero-order chi connectivity index (χ0) is 13.1. The number of rotatable bonds is 3. The highest BCUT2D eigenvalue weighted by atomic mass is 16.5. The number of piperazine rings is 1. The highest BCUT2D eigenvalue weighted by Crippen LogP contribution is 2.16. The molecule has 1 saturated heterocycles. The molecular weight excluding hydrogens is 240 g/mol. The van der Waals surface area contributed by atoms with Gasteiger partial charge in [-0.05, 0) is 6.92 Å². The van der Waals surface area contributed by atoms with E-state index < -0.39 is 0 Å². The van der Waals surface area contributed by atoms with Crippen LogP contribution in [0.1, 0.15) is 12.8 Å². The van der Waals surface area contributed by atoms with Crippen molar-refractivity contribution in [1.82, 2.24) is 20.4 Å². The van der Waals surface area contributed by atoms with Crippen molar-refractivity contribution in [2.24, 2.45) is 0 Å². The molecule has 19 heavy (non-hydrogen) atoms. The quantitative estimate of drug-likeness (QED) is 0.905. The summed E-state index contributed by atoms with van der Waals surface area (Å²) in [6, 6.07) is 10.4. The van der Waals surface area contributed by atoms with E-state index in [0.29, 0.717) is 17.8 Å². The van der Waals surface area contributed by atoms with Crippen molar-refractivity contribution in [2.75, 3.05) is 19.6 Å². The first kappa shape index (κ1) is 12.3. The van der Waals surface area contributed by atoms with Gasteiger partial charge in [-0.15, -0.1) is 0 Å². The summed E-state index contributed by atoms with van der Waals surface area (Å²) in [5, 5.41) is 7.42. The van der Waals surface area contributed by atoms with Crippen molar-refractivity contribution in [3.05, 3.63) is 36.2 Å². The molecule has 0 spiro atoms. The van der Waals surface area contributed by atoms with Gasteiger partial charge in [-0.3, -0.25) is 4.90 Å². The fourth-order valence-electron chi connectivity index (χ4n) is 2.32. The summed E-state index contributed by atoms with van der Waals surface area (Å²) in [4.78, 5) is 6.83. The largest absolute Gasteiger partial charge is 0.338 e. The van der Waals surface area contributed by atoms with Gasteiger partial charge in [0.15, 0.2) is 0 Å². The highest BCUT2D eigenvalue weighted by Gasteiger charge is 2.20. The molecular formula is C14H18N4O. The van der Waals surface area contributed by atoms with E-state index in [2.05, 4.69) is 27.3 Å². The molecule has 1 N–H and O–H groups in total. The number of nitrogens with zero attached hydrogens (tertiary/aromatic N) is 3. The molecule has 0 amide bonds. The first-order valence-electron chi connectivity index (χ1n) is 6.66. The van der Waals surface area contributed by atoms with Gasteiger partial charge in [0.1, 0.15) is 0 Å². The Kier molecular flexibility index (Phi) is 3.57. The van der Waals surface area contributed by atoms with E-state index in [-0.39, 0.29) is 0 Å². The first-order valence-corrected chi connectivity index (χ1v) is 6.66. The van der Waals surface area contributed by atoms with Gasteiger partial charge in [-0.1, -0.05) is 35.5 Å². The van der Waals surface area contributed by atoms with Crippen molar-refractivity contribution in [2.45, 2.75) is 19.5 Å². The minimum atomic E-state index is 0.501. The molecule has 100 valence electrons. The van der Waals surface area contributed by atoms with E-state index in [1.54, 1.807) is 0 Å². The van der Waals surface area contributed by atoms with Gasteiger partial charge >= 0.3 is 0 Å². The Morgan fingerprint density at radius 3 is 3.00 bits per heavy atom. The molecule has 1 fully saturated rings. The molecule has 2 heterocycles. The molecule has 0 bridgehead atoms. The molecule has 1 aromatic heterocycles. The van der Waals surface area contributed by atoms with Gasteiger partial charge in [0, 0.05) is 31.2 Å². The Morgan fingerprint density at radius 1 is 1.37 bits per heavy atom. The van der Waals surface area contributed by atoms with E-state index in [4.69, 9.17) is 4.52 Å². The third-order valence-electron chi connectivity index (χ3n) is 3.48. The predicted octanol–water partition coefficient (Wildman–Crippen LogP) is 1.53. The number of aromatic nitrogens is 2. The van der Waals surface area contributed by atoms with Gasteiger partial charge in [0.2, 0.25) is 11.7 Å². The van der Waals surface area contributed by atoms with Crippen LogP contribution in [0.5, 0.6) is 0 Å². The van der Waals surface area contributed by atoms with Crippen molar-refractivity contribution in [3.63, 3.8) is 0 Å². The molecule has 5 heteroatoms. The second-order valence-electron chi connectivity index (χ2n) is 4.90. The summed E-state index contributed by atoms with van der Waals surface area (Å²) >= 11 is 0. The molecule has 0 saturated carbocycles. The average Bonchev–Trinajstić information content (AvgIpc) is 2.91. The molecule has 0 aliphatic carbocycles. The Labute approximate surface area is 112 Å². The van der Waals surface area contributed by atoms with Gasteiger partial charge in [0.25, 0.3) is 0 Å². The van der Waals surface area contributed by atoms with Crippen LogP contribution >= 0.6 is 0 Å².